The fourth-order valence-electron chi connectivity index (χ4n) is 2.56. The van der Waals surface area contributed by atoms with E-state index < -0.39 is 23.5 Å². The van der Waals surface area contributed by atoms with Crippen LogP contribution in [0.5, 0.6) is 0 Å². The largest absolute Gasteiger partial charge is 0.326 e. The summed E-state index contributed by atoms with van der Waals surface area (Å²) >= 11 is 11.7. The Hall–Kier alpha value is -2.44. The monoisotopic (exact) mass is 380 g/mol. The van der Waals surface area contributed by atoms with Crippen LogP contribution in [0, 0.1) is 5.82 Å². The molecule has 0 bridgehead atoms. The number of rotatable bonds is 4. The summed E-state index contributed by atoms with van der Waals surface area (Å²) in [6, 6.07) is 8.41. The molecule has 25 heavy (non-hydrogen) atoms. The van der Waals surface area contributed by atoms with Gasteiger partial charge in [-0.15, -0.1) is 0 Å². The maximum atomic E-state index is 13.7. The van der Waals surface area contributed by atoms with Crippen LogP contribution in [0.3, 0.4) is 0 Å². The van der Waals surface area contributed by atoms with Crippen LogP contribution in [0.1, 0.15) is 27.1 Å². The summed E-state index contributed by atoms with van der Waals surface area (Å²) in [4.78, 5) is 37.3. The van der Waals surface area contributed by atoms with E-state index in [4.69, 9.17) is 23.2 Å². The molecule has 0 atom stereocenters. The lowest BCUT2D eigenvalue weighted by Gasteiger charge is -2.13. The Morgan fingerprint density at radius 2 is 1.76 bits per heavy atom. The van der Waals surface area contributed by atoms with Gasteiger partial charge < -0.3 is 5.32 Å². The van der Waals surface area contributed by atoms with E-state index in [1.807, 2.05) is 0 Å². The van der Waals surface area contributed by atoms with Crippen LogP contribution in [0.15, 0.2) is 36.4 Å². The predicted molar refractivity (Wildman–Crippen MR) is 91.5 cm³/mol. The van der Waals surface area contributed by atoms with Crippen LogP contribution >= 0.6 is 23.2 Å². The Bertz CT molecular complexity index is 881. The van der Waals surface area contributed by atoms with Crippen molar-refractivity contribution >= 4 is 46.6 Å². The third-order valence-corrected chi connectivity index (χ3v) is 4.09. The number of hydrogen-bond donors (Lipinski definition) is 1. The van der Waals surface area contributed by atoms with Crippen LogP contribution in [0.25, 0.3) is 0 Å². The Morgan fingerprint density at radius 3 is 2.40 bits per heavy atom. The van der Waals surface area contributed by atoms with Gasteiger partial charge in [0, 0.05) is 28.7 Å². The maximum absolute atomic E-state index is 13.7. The van der Waals surface area contributed by atoms with Crippen LogP contribution in [-0.4, -0.2) is 29.2 Å². The second kappa shape index (κ2) is 6.82. The van der Waals surface area contributed by atoms with E-state index in [1.54, 1.807) is 0 Å². The van der Waals surface area contributed by atoms with Gasteiger partial charge in [-0.25, -0.2) is 4.39 Å². The van der Waals surface area contributed by atoms with Crippen molar-refractivity contribution in [2.75, 3.05) is 11.9 Å². The van der Waals surface area contributed by atoms with E-state index in [0.717, 1.165) is 11.0 Å². The van der Waals surface area contributed by atoms with Gasteiger partial charge in [-0.1, -0.05) is 29.3 Å². The molecule has 8 heteroatoms. The molecule has 1 aliphatic rings. The summed E-state index contributed by atoms with van der Waals surface area (Å²) in [5.74, 6) is -2.54. The van der Waals surface area contributed by atoms with Crippen molar-refractivity contribution in [2.45, 2.75) is 6.42 Å². The molecule has 128 valence electrons. The lowest BCUT2D eigenvalue weighted by molar-refractivity contribution is -0.116. The zero-order valence-electron chi connectivity index (χ0n) is 12.7. The van der Waals surface area contributed by atoms with Crippen LogP contribution in [-0.2, 0) is 4.79 Å². The van der Waals surface area contributed by atoms with Gasteiger partial charge in [0.05, 0.1) is 11.1 Å². The molecular weight excluding hydrogens is 370 g/mol. The van der Waals surface area contributed by atoms with Crippen molar-refractivity contribution in [3.8, 4) is 0 Å². The second-order valence-corrected chi connectivity index (χ2v) is 6.25. The molecular formula is C17H11Cl2FN2O3. The zero-order valence-corrected chi connectivity index (χ0v) is 14.2. The zero-order chi connectivity index (χ0) is 18.1. The average Bonchev–Trinajstić information content (AvgIpc) is 2.77. The molecule has 1 aliphatic heterocycles. The maximum Gasteiger partial charge on any atom is 0.264 e. The number of nitrogens with zero attached hydrogens (tertiary/aromatic N) is 1. The minimum Gasteiger partial charge on any atom is -0.326 e. The molecule has 0 unspecified atom stereocenters. The SMILES string of the molecule is O=C(CCN1C(=O)c2cccc(F)c2C1=O)Nc1cc(Cl)cc(Cl)c1. The molecule has 3 rings (SSSR count). The summed E-state index contributed by atoms with van der Waals surface area (Å²) in [6.45, 7) is -0.161. The summed E-state index contributed by atoms with van der Waals surface area (Å²) in [6.07, 6.45) is -0.142. The molecule has 0 aromatic heterocycles. The highest BCUT2D eigenvalue weighted by atomic mass is 35.5. The summed E-state index contributed by atoms with van der Waals surface area (Å²) < 4.78 is 13.7. The first-order valence-corrected chi connectivity index (χ1v) is 8.03. The van der Waals surface area contributed by atoms with Gasteiger partial charge in [-0.2, -0.15) is 0 Å². The summed E-state index contributed by atoms with van der Waals surface area (Å²) in [7, 11) is 0. The fraction of sp³-hybridized carbons (Fsp3) is 0.118. The first-order valence-electron chi connectivity index (χ1n) is 7.27. The normalized spacial score (nSPS) is 13.2. The van der Waals surface area contributed by atoms with Crippen molar-refractivity contribution in [2.24, 2.45) is 0 Å². The first kappa shape index (κ1) is 17.4. The van der Waals surface area contributed by atoms with Gasteiger partial charge in [0.25, 0.3) is 11.8 Å². The molecule has 0 radical (unpaired) electrons. The predicted octanol–water partition coefficient (Wildman–Crippen LogP) is 3.76. The first-order chi connectivity index (χ1) is 11.9. The van der Waals surface area contributed by atoms with Gasteiger partial charge >= 0.3 is 0 Å². The van der Waals surface area contributed by atoms with E-state index in [0.29, 0.717) is 15.7 Å². The lowest BCUT2D eigenvalue weighted by Crippen LogP contribution is -2.33. The molecule has 0 fully saturated rings. The lowest BCUT2D eigenvalue weighted by atomic mass is 10.1. The van der Waals surface area contributed by atoms with Crippen molar-refractivity contribution in [3.05, 3.63) is 63.4 Å². The minimum atomic E-state index is -0.753. The number of carbonyl (C=O) groups is 3. The number of anilines is 1. The molecule has 0 saturated carbocycles. The number of nitrogens with one attached hydrogen (secondary N) is 1. The molecule has 0 aliphatic carbocycles. The fourth-order valence-corrected chi connectivity index (χ4v) is 3.08. The molecule has 3 amide bonds. The number of imide groups is 1. The number of carbonyl (C=O) groups excluding carboxylic acids is 3. The number of amides is 3. The third kappa shape index (κ3) is 3.50. The van der Waals surface area contributed by atoms with Crippen molar-refractivity contribution in [1.82, 2.24) is 4.90 Å². The van der Waals surface area contributed by atoms with Gasteiger partial charge in [0.2, 0.25) is 5.91 Å². The summed E-state index contributed by atoms with van der Waals surface area (Å²) in [5.41, 5.74) is 0.150. The van der Waals surface area contributed by atoms with E-state index in [1.165, 1.54) is 30.3 Å². The van der Waals surface area contributed by atoms with Crippen molar-refractivity contribution < 1.29 is 18.8 Å². The molecule has 2 aromatic rings. The quantitative estimate of drug-likeness (QED) is 0.821. The van der Waals surface area contributed by atoms with Crippen LogP contribution in [0.4, 0.5) is 10.1 Å². The summed E-state index contributed by atoms with van der Waals surface area (Å²) in [5, 5.41) is 3.30. The molecule has 0 saturated heterocycles. The van der Waals surface area contributed by atoms with E-state index in [-0.39, 0.29) is 24.1 Å². The van der Waals surface area contributed by atoms with E-state index in [2.05, 4.69) is 5.32 Å². The Morgan fingerprint density at radius 1 is 1.08 bits per heavy atom. The molecule has 1 heterocycles. The number of hydrogen-bond acceptors (Lipinski definition) is 3. The van der Waals surface area contributed by atoms with Crippen LogP contribution in [0.2, 0.25) is 10.0 Å². The number of benzene rings is 2. The van der Waals surface area contributed by atoms with Crippen molar-refractivity contribution in [3.63, 3.8) is 0 Å². The highest BCUT2D eigenvalue weighted by Gasteiger charge is 2.37. The minimum absolute atomic E-state index is 0.00651. The second-order valence-electron chi connectivity index (χ2n) is 5.38. The van der Waals surface area contributed by atoms with Gasteiger partial charge in [0.15, 0.2) is 0 Å². The van der Waals surface area contributed by atoms with Gasteiger partial charge in [0.1, 0.15) is 5.82 Å². The Labute approximate surface area is 152 Å². The highest BCUT2D eigenvalue weighted by Crippen LogP contribution is 2.26. The Balaban J connectivity index is 1.66. The third-order valence-electron chi connectivity index (χ3n) is 3.66. The van der Waals surface area contributed by atoms with E-state index in [9.17, 15) is 18.8 Å². The van der Waals surface area contributed by atoms with Gasteiger partial charge in [-0.3, -0.25) is 19.3 Å². The van der Waals surface area contributed by atoms with Crippen LogP contribution < -0.4 is 5.32 Å². The van der Waals surface area contributed by atoms with E-state index >= 15 is 0 Å². The molecule has 5 nitrogen and oxygen atoms in total. The molecule has 2 aromatic carbocycles. The average molecular weight is 381 g/mol. The van der Waals surface area contributed by atoms with Gasteiger partial charge in [-0.05, 0) is 30.3 Å². The number of halogens is 3. The molecule has 0 spiro atoms. The topological polar surface area (TPSA) is 66.5 Å². The van der Waals surface area contributed by atoms with Crippen molar-refractivity contribution in [1.29, 1.82) is 0 Å². The standard InChI is InChI=1S/C17H11Cl2FN2O3/c18-9-6-10(19)8-11(7-9)21-14(23)4-5-22-16(24)12-2-1-3-13(20)15(12)17(22)25/h1-3,6-8H,4-5H2,(H,21,23). The smallest absolute Gasteiger partial charge is 0.264 e. The highest BCUT2D eigenvalue weighted by molar-refractivity contribution is 6.35. The molecule has 1 N–H and O–H groups in total. The Kier molecular flexibility index (Phi) is 4.74. The number of fused-ring (bicyclic) bond motifs is 1.